The van der Waals surface area contributed by atoms with Gasteiger partial charge >= 0.3 is 0 Å². The number of carbonyl (C=O) groups is 1. The van der Waals surface area contributed by atoms with Crippen LogP contribution in [0, 0.1) is 5.92 Å². The first-order valence-electron chi connectivity index (χ1n) is 11.6. The summed E-state index contributed by atoms with van der Waals surface area (Å²) in [6, 6.07) is 24.9. The van der Waals surface area contributed by atoms with Crippen molar-refractivity contribution in [2.45, 2.75) is 33.1 Å². The molecule has 0 atom stereocenters. The highest BCUT2D eigenvalue weighted by atomic mass is 32.1. The number of hydrogen-bond donors (Lipinski definition) is 2. The summed E-state index contributed by atoms with van der Waals surface area (Å²) in [5.74, 6) is 1.86. The molecule has 178 valence electrons. The third-order valence-electron chi connectivity index (χ3n) is 5.14. The van der Waals surface area contributed by atoms with Crippen molar-refractivity contribution in [3.05, 3.63) is 90.0 Å². The number of ether oxygens (including phenoxy) is 2. The fraction of sp³-hybridized carbons (Fsp3) is 0.286. The van der Waals surface area contributed by atoms with Crippen LogP contribution in [0.3, 0.4) is 0 Å². The maximum absolute atomic E-state index is 12.5. The van der Waals surface area contributed by atoms with Gasteiger partial charge < -0.3 is 14.8 Å². The second-order valence-electron chi connectivity index (χ2n) is 8.43. The molecule has 6 heteroatoms. The quantitative estimate of drug-likeness (QED) is 0.253. The van der Waals surface area contributed by atoms with Crippen molar-refractivity contribution in [3.63, 3.8) is 0 Å². The lowest BCUT2D eigenvalue weighted by atomic mass is 10.1. The van der Waals surface area contributed by atoms with Crippen LogP contribution in [0.25, 0.3) is 0 Å². The zero-order valence-electron chi connectivity index (χ0n) is 19.8. The summed E-state index contributed by atoms with van der Waals surface area (Å²) < 4.78 is 11.5. The first-order chi connectivity index (χ1) is 16.5. The first-order valence-corrected chi connectivity index (χ1v) is 12.0. The van der Waals surface area contributed by atoms with Crippen LogP contribution >= 0.6 is 12.2 Å². The average molecular weight is 477 g/mol. The number of benzene rings is 3. The van der Waals surface area contributed by atoms with E-state index < -0.39 is 0 Å². The van der Waals surface area contributed by atoms with Crippen molar-refractivity contribution in [2.75, 3.05) is 18.5 Å². The fourth-order valence-electron chi connectivity index (χ4n) is 3.20. The van der Waals surface area contributed by atoms with Gasteiger partial charge in [-0.2, -0.15) is 0 Å². The summed E-state index contributed by atoms with van der Waals surface area (Å²) in [6.07, 6.45) is 2.93. The molecule has 0 aliphatic heterocycles. The minimum absolute atomic E-state index is 0.235. The molecule has 0 heterocycles. The van der Waals surface area contributed by atoms with E-state index >= 15 is 0 Å². The lowest BCUT2D eigenvalue weighted by Gasteiger charge is -2.11. The van der Waals surface area contributed by atoms with E-state index in [0.29, 0.717) is 24.7 Å². The van der Waals surface area contributed by atoms with Crippen molar-refractivity contribution in [3.8, 4) is 11.5 Å². The number of amides is 1. The Bertz CT molecular complexity index is 1040. The Labute approximate surface area is 207 Å². The maximum Gasteiger partial charge on any atom is 0.257 e. The third-order valence-corrected chi connectivity index (χ3v) is 5.35. The van der Waals surface area contributed by atoms with Crippen LogP contribution in [0.15, 0.2) is 78.9 Å². The highest BCUT2D eigenvalue weighted by molar-refractivity contribution is 7.80. The van der Waals surface area contributed by atoms with Gasteiger partial charge in [0, 0.05) is 11.3 Å². The minimum Gasteiger partial charge on any atom is -0.494 e. The van der Waals surface area contributed by atoms with E-state index in [1.807, 2.05) is 30.3 Å². The van der Waals surface area contributed by atoms with E-state index in [1.165, 1.54) is 5.56 Å². The Kier molecular flexibility index (Phi) is 9.92. The number of thiocarbonyl (C=S) groups is 1. The van der Waals surface area contributed by atoms with Gasteiger partial charge in [-0.15, -0.1) is 0 Å². The van der Waals surface area contributed by atoms with E-state index in [4.69, 9.17) is 21.7 Å². The summed E-state index contributed by atoms with van der Waals surface area (Å²) >= 11 is 5.29. The molecule has 0 aliphatic rings. The Morgan fingerprint density at radius 2 is 1.47 bits per heavy atom. The largest absolute Gasteiger partial charge is 0.494 e. The van der Waals surface area contributed by atoms with Gasteiger partial charge in [-0.1, -0.05) is 44.2 Å². The molecule has 34 heavy (non-hydrogen) atoms. The van der Waals surface area contributed by atoms with Crippen molar-refractivity contribution in [2.24, 2.45) is 5.92 Å². The topological polar surface area (TPSA) is 59.6 Å². The van der Waals surface area contributed by atoms with Crippen LogP contribution in [-0.2, 0) is 6.42 Å². The second kappa shape index (κ2) is 13.4. The van der Waals surface area contributed by atoms with Gasteiger partial charge in [-0.25, -0.2) is 0 Å². The van der Waals surface area contributed by atoms with E-state index in [9.17, 15) is 4.79 Å². The van der Waals surface area contributed by atoms with Gasteiger partial charge in [0.1, 0.15) is 11.5 Å². The van der Waals surface area contributed by atoms with Gasteiger partial charge in [-0.3, -0.25) is 10.1 Å². The highest BCUT2D eigenvalue weighted by Gasteiger charge is 2.09. The maximum atomic E-state index is 12.5. The zero-order chi connectivity index (χ0) is 24.2. The van der Waals surface area contributed by atoms with Crippen LogP contribution in [0.4, 0.5) is 5.69 Å². The number of anilines is 1. The molecule has 3 aromatic rings. The third kappa shape index (κ3) is 8.87. The molecule has 0 bridgehead atoms. The summed E-state index contributed by atoms with van der Waals surface area (Å²) in [5, 5.41) is 5.97. The van der Waals surface area contributed by atoms with Crippen molar-refractivity contribution in [1.82, 2.24) is 5.32 Å². The van der Waals surface area contributed by atoms with Crippen LogP contribution in [0.5, 0.6) is 11.5 Å². The number of nitrogens with one attached hydrogen (secondary N) is 2. The molecular formula is C28H32N2O3S. The van der Waals surface area contributed by atoms with Crippen molar-refractivity contribution < 1.29 is 14.3 Å². The first kappa shape index (κ1) is 25.2. The molecule has 0 aliphatic carbocycles. The second-order valence-corrected chi connectivity index (χ2v) is 8.83. The molecule has 0 saturated carbocycles. The number of hydrogen-bond acceptors (Lipinski definition) is 4. The summed E-state index contributed by atoms with van der Waals surface area (Å²) in [5.41, 5.74) is 2.60. The summed E-state index contributed by atoms with van der Waals surface area (Å²) in [6.45, 7) is 5.63. The van der Waals surface area contributed by atoms with Gasteiger partial charge in [0.15, 0.2) is 5.11 Å². The molecule has 0 aromatic heterocycles. The standard InChI is InChI=1S/C28H32N2O3S/c1-21(2)18-20-33-25-14-10-23(11-15-25)27(31)30-28(34)29-24-12-16-26(17-13-24)32-19-6-9-22-7-4-3-5-8-22/h3-5,7-8,10-17,21H,6,9,18-20H2,1-2H3,(H2,29,30,31,34). The smallest absolute Gasteiger partial charge is 0.257 e. The number of rotatable bonds is 11. The summed E-state index contributed by atoms with van der Waals surface area (Å²) in [4.78, 5) is 12.5. The predicted octanol–water partition coefficient (Wildman–Crippen LogP) is 6.25. The Morgan fingerprint density at radius 1 is 0.853 bits per heavy atom. The Morgan fingerprint density at radius 3 is 2.12 bits per heavy atom. The van der Waals surface area contributed by atoms with E-state index in [0.717, 1.165) is 36.4 Å². The van der Waals surface area contributed by atoms with Crippen LogP contribution in [0.1, 0.15) is 42.6 Å². The SMILES string of the molecule is CC(C)CCOc1ccc(C(=O)NC(=S)Nc2ccc(OCCCc3ccccc3)cc2)cc1. The van der Waals surface area contributed by atoms with Gasteiger partial charge in [-0.05, 0) is 91.5 Å². The molecule has 5 nitrogen and oxygen atoms in total. The molecular weight excluding hydrogens is 444 g/mol. The average Bonchev–Trinajstić information content (AvgIpc) is 2.83. The van der Waals surface area contributed by atoms with E-state index in [1.54, 1.807) is 24.3 Å². The molecule has 1 amide bonds. The normalized spacial score (nSPS) is 10.6. The zero-order valence-corrected chi connectivity index (χ0v) is 20.6. The minimum atomic E-state index is -0.274. The lowest BCUT2D eigenvalue weighted by Crippen LogP contribution is -2.34. The fourth-order valence-corrected chi connectivity index (χ4v) is 3.41. The van der Waals surface area contributed by atoms with Gasteiger partial charge in [0.25, 0.3) is 5.91 Å². The van der Waals surface area contributed by atoms with Crippen LogP contribution in [-0.4, -0.2) is 24.2 Å². The predicted molar refractivity (Wildman–Crippen MR) is 142 cm³/mol. The monoisotopic (exact) mass is 476 g/mol. The molecule has 3 aromatic carbocycles. The Hall–Kier alpha value is -3.38. The van der Waals surface area contributed by atoms with Crippen LogP contribution in [0.2, 0.25) is 0 Å². The Balaban J connectivity index is 1.38. The summed E-state index contributed by atoms with van der Waals surface area (Å²) in [7, 11) is 0. The molecule has 3 rings (SSSR count). The highest BCUT2D eigenvalue weighted by Crippen LogP contribution is 2.17. The molecule has 0 spiro atoms. The molecule has 2 N–H and O–H groups in total. The number of carbonyl (C=O) groups excluding carboxylic acids is 1. The van der Waals surface area contributed by atoms with E-state index in [2.05, 4.69) is 48.7 Å². The molecule has 0 saturated heterocycles. The number of aryl methyl sites for hydroxylation is 1. The van der Waals surface area contributed by atoms with Crippen molar-refractivity contribution in [1.29, 1.82) is 0 Å². The van der Waals surface area contributed by atoms with Crippen LogP contribution < -0.4 is 20.1 Å². The van der Waals surface area contributed by atoms with Gasteiger partial charge in [0.2, 0.25) is 0 Å². The van der Waals surface area contributed by atoms with E-state index in [-0.39, 0.29) is 11.0 Å². The molecule has 0 radical (unpaired) electrons. The lowest BCUT2D eigenvalue weighted by molar-refractivity contribution is 0.0977. The molecule has 0 fully saturated rings. The molecule has 0 unspecified atom stereocenters. The van der Waals surface area contributed by atoms with Gasteiger partial charge in [0.05, 0.1) is 13.2 Å². The van der Waals surface area contributed by atoms with Crippen molar-refractivity contribution >= 4 is 28.9 Å².